The molecular formula is C19H21F3N3O2S+. The first-order valence-electron chi connectivity index (χ1n) is 8.40. The summed E-state index contributed by atoms with van der Waals surface area (Å²) >= 11 is 1.51. The molecule has 0 radical (unpaired) electrons. The van der Waals surface area contributed by atoms with Gasteiger partial charge in [-0.15, -0.1) is 11.8 Å². The van der Waals surface area contributed by atoms with Crippen LogP contribution in [0.2, 0.25) is 0 Å². The third kappa shape index (κ3) is 6.58. The zero-order valence-corrected chi connectivity index (χ0v) is 16.2. The zero-order chi connectivity index (χ0) is 20.7. The van der Waals surface area contributed by atoms with Crippen LogP contribution in [0, 0.1) is 0 Å². The molecule has 3 N–H and O–H groups in total. The van der Waals surface area contributed by atoms with Gasteiger partial charge in [-0.25, -0.2) is 0 Å². The fraction of sp³-hybridized carbons (Fsp3) is 0.263. The minimum Gasteiger partial charge on any atom is -0.322 e. The molecular weight excluding hydrogens is 391 g/mol. The van der Waals surface area contributed by atoms with E-state index >= 15 is 0 Å². The van der Waals surface area contributed by atoms with E-state index in [1.165, 1.54) is 23.9 Å². The van der Waals surface area contributed by atoms with Gasteiger partial charge in [-0.3, -0.25) is 9.59 Å². The Bertz CT molecular complexity index is 826. The first-order valence-corrected chi connectivity index (χ1v) is 9.63. The second kappa shape index (κ2) is 9.61. The summed E-state index contributed by atoms with van der Waals surface area (Å²) in [6.07, 6.45) is -2.51. The van der Waals surface area contributed by atoms with Crippen LogP contribution in [0.1, 0.15) is 5.56 Å². The van der Waals surface area contributed by atoms with Crippen LogP contribution in [0.4, 0.5) is 24.5 Å². The summed E-state index contributed by atoms with van der Waals surface area (Å²) in [5, 5.41) is 5.35. The highest BCUT2D eigenvalue weighted by atomic mass is 32.2. The number of para-hydroxylation sites is 1. The standard InChI is InChI=1S/C19H20F3N3O2S/c1-25(12-18(27)24-15-5-3-4-6-16(15)28-2)11-17(26)23-14-9-7-13(8-10-14)19(20,21)22/h3-10H,11-12H2,1-2H3,(H,23,26)(H,24,27)/p+1. The number of hydrogen-bond acceptors (Lipinski definition) is 3. The third-order valence-corrected chi connectivity index (χ3v) is 4.60. The van der Waals surface area contributed by atoms with E-state index in [1.807, 2.05) is 24.5 Å². The van der Waals surface area contributed by atoms with Crippen molar-refractivity contribution in [2.24, 2.45) is 0 Å². The Hall–Kier alpha value is -2.52. The van der Waals surface area contributed by atoms with Crippen molar-refractivity contribution in [3.8, 4) is 0 Å². The van der Waals surface area contributed by atoms with Crippen molar-refractivity contribution in [3.63, 3.8) is 0 Å². The summed E-state index contributed by atoms with van der Waals surface area (Å²) in [4.78, 5) is 25.8. The first kappa shape index (κ1) is 21.8. The zero-order valence-electron chi connectivity index (χ0n) is 15.4. The number of likely N-dealkylation sites (N-methyl/N-ethyl adjacent to an activating group) is 1. The van der Waals surface area contributed by atoms with E-state index in [9.17, 15) is 22.8 Å². The van der Waals surface area contributed by atoms with Gasteiger partial charge in [0, 0.05) is 10.6 Å². The number of hydrogen-bond donors (Lipinski definition) is 3. The number of amides is 2. The van der Waals surface area contributed by atoms with Crippen LogP contribution >= 0.6 is 11.8 Å². The van der Waals surface area contributed by atoms with Crippen LogP contribution in [0.5, 0.6) is 0 Å². The number of alkyl halides is 3. The number of carbonyl (C=O) groups is 2. The van der Waals surface area contributed by atoms with Gasteiger partial charge in [0.25, 0.3) is 11.8 Å². The summed E-state index contributed by atoms with van der Waals surface area (Å²) in [7, 11) is 1.69. The number of nitrogens with one attached hydrogen (secondary N) is 3. The van der Waals surface area contributed by atoms with E-state index in [1.54, 1.807) is 13.1 Å². The van der Waals surface area contributed by atoms with Crippen LogP contribution in [-0.4, -0.2) is 38.2 Å². The van der Waals surface area contributed by atoms with Crippen molar-refractivity contribution < 1.29 is 27.7 Å². The van der Waals surface area contributed by atoms with Crippen molar-refractivity contribution >= 4 is 35.0 Å². The van der Waals surface area contributed by atoms with E-state index in [0.29, 0.717) is 10.6 Å². The van der Waals surface area contributed by atoms with Gasteiger partial charge in [0.05, 0.1) is 18.3 Å². The smallest absolute Gasteiger partial charge is 0.322 e. The number of quaternary nitrogens is 1. The summed E-state index contributed by atoms with van der Waals surface area (Å²) in [6, 6.07) is 11.6. The Morgan fingerprint density at radius 1 is 0.964 bits per heavy atom. The lowest BCUT2D eigenvalue weighted by Gasteiger charge is -2.15. The molecule has 2 rings (SSSR count). The molecule has 0 aliphatic rings. The molecule has 2 amide bonds. The van der Waals surface area contributed by atoms with Gasteiger partial charge in [-0.2, -0.15) is 13.2 Å². The molecule has 150 valence electrons. The quantitative estimate of drug-likeness (QED) is 0.613. The largest absolute Gasteiger partial charge is 0.416 e. The predicted octanol–water partition coefficient (Wildman–Crippen LogP) is 2.52. The molecule has 9 heteroatoms. The van der Waals surface area contributed by atoms with Crippen LogP contribution in [-0.2, 0) is 15.8 Å². The molecule has 28 heavy (non-hydrogen) atoms. The molecule has 0 aliphatic carbocycles. The average molecular weight is 412 g/mol. The van der Waals surface area contributed by atoms with E-state index in [-0.39, 0.29) is 24.7 Å². The monoisotopic (exact) mass is 412 g/mol. The summed E-state index contributed by atoms with van der Waals surface area (Å²) < 4.78 is 37.6. The Balaban J connectivity index is 1.84. The van der Waals surface area contributed by atoms with Crippen LogP contribution < -0.4 is 15.5 Å². The van der Waals surface area contributed by atoms with Gasteiger partial charge in [0.2, 0.25) is 0 Å². The number of rotatable bonds is 7. The van der Waals surface area contributed by atoms with Crippen molar-refractivity contribution in [2.75, 3.05) is 37.0 Å². The van der Waals surface area contributed by atoms with Gasteiger partial charge in [-0.1, -0.05) is 12.1 Å². The molecule has 5 nitrogen and oxygen atoms in total. The van der Waals surface area contributed by atoms with Crippen LogP contribution in [0.3, 0.4) is 0 Å². The molecule has 0 spiro atoms. The highest BCUT2D eigenvalue weighted by molar-refractivity contribution is 7.98. The van der Waals surface area contributed by atoms with Gasteiger partial charge in [0.15, 0.2) is 13.1 Å². The maximum Gasteiger partial charge on any atom is 0.416 e. The van der Waals surface area contributed by atoms with Gasteiger partial charge in [0.1, 0.15) is 0 Å². The fourth-order valence-corrected chi connectivity index (χ4v) is 3.05. The van der Waals surface area contributed by atoms with Crippen molar-refractivity contribution in [3.05, 3.63) is 54.1 Å². The van der Waals surface area contributed by atoms with Crippen molar-refractivity contribution in [2.45, 2.75) is 11.1 Å². The Kier molecular flexibility index (Phi) is 7.47. The molecule has 0 aromatic heterocycles. The van der Waals surface area contributed by atoms with E-state index in [2.05, 4.69) is 10.6 Å². The molecule has 1 unspecified atom stereocenters. The number of carbonyl (C=O) groups excluding carboxylic acids is 2. The second-order valence-corrected chi connectivity index (χ2v) is 7.03. The number of anilines is 2. The van der Waals surface area contributed by atoms with E-state index in [4.69, 9.17) is 0 Å². The topological polar surface area (TPSA) is 62.6 Å². The fourth-order valence-electron chi connectivity index (χ4n) is 2.50. The van der Waals surface area contributed by atoms with Gasteiger partial charge < -0.3 is 15.5 Å². The Labute approximate surface area is 165 Å². The lowest BCUT2D eigenvalue weighted by Crippen LogP contribution is -3.11. The number of thioether (sulfide) groups is 1. The summed E-state index contributed by atoms with van der Waals surface area (Å²) in [5.41, 5.74) is 0.196. The highest BCUT2D eigenvalue weighted by Gasteiger charge is 2.30. The summed E-state index contributed by atoms with van der Waals surface area (Å²) in [6.45, 7) is 0.0712. The molecule has 0 saturated carbocycles. The highest BCUT2D eigenvalue weighted by Crippen LogP contribution is 2.29. The third-order valence-electron chi connectivity index (χ3n) is 3.80. The Morgan fingerprint density at radius 3 is 2.11 bits per heavy atom. The average Bonchev–Trinajstić information content (AvgIpc) is 2.61. The van der Waals surface area contributed by atoms with Crippen molar-refractivity contribution in [1.82, 2.24) is 0 Å². The first-order chi connectivity index (χ1) is 13.2. The molecule has 0 fully saturated rings. The molecule has 2 aromatic rings. The minimum absolute atomic E-state index is 0.00137. The lowest BCUT2D eigenvalue weighted by molar-refractivity contribution is -0.862. The van der Waals surface area contributed by atoms with E-state index in [0.717, 1.165) is 17.0 Å². The molecule has 0 bridgehead atoms. The number of halogens is 3. The predicted molar refractivity (Wildman–Crippen MR) is 104 cm³/mol. The van der Waals surface area contributed by atoms with Crippen molar-refractivity contribution in [1.29, 1.82) is 0 Å². The molecule has 0 saturated heterocycles. The molecule has 1 atom stereocenters. The maximum atomic E-state index is 12.5. The van der Waals surface area contributed by atoms with Crippen LogP contribution in [0.25, 0.3) is 0 Å². The van der Waals surface area contributed by atoms with Crippen LogP contribution in [0.15, 0.2) is 53.4 Å². The molecule has 2 aromatic carbocycles. The van der Waals surface area contributed by atoms with Gasteiger partial charge >= 0.3 is 6.18 Å². The maximum absolute atomic E-state index is 12.5. The number of benzene rings is 2. The Morgan fingerprint density at radius 2 is 1.54 bits per heavy atom. The normalized spacial score (nSPS) is 12.3. The lowest BCUT2D eigenvalue weighted by atomic mass is 10.2. The molecule has 0 aliphatic heterocycles. The molecule has 0 heterocycles. The second-order valence-electron chi connectivity index (χ2n) is 6.18. The SMILES string of the molecule is CSc1ccccc1NC(=O)C[NH+](C)CC(=O)Nc1ccc(C(F)(F)F)cc1. The van der Waals surface area contributed by atoms with E-state index < -0.39 is 17.6 Å². The minimum atomic E-state index is -4.42. The van der Waals surface area contributed by atoms with Gasteiger partial charge in [-0.05, 0) is 42.7 Å². The summed E-state index contributed by atoms with van der Waals surface area (Å²) in [5.74, 6) is -0.629.